The fraction of sp³-hybridized carbons (Fsp3) is 0.462. The number of rotatable bonds is 2. The zero-order valence-corrected chi connectivity index (χ0v) is 9.67. The van der Waals surface area contributed by atoms with Gasteiger partial charge in [-0.15, -0.1) is 0 Å². The Morgan fingerprint density at radius 1 is 1.24 bits per heavy atom. The van der Waals surface area contributed by atoms with Crippen LogP contribution in [0.5, 0.6) is 5.75 Å². The molecule has 0 radical (unpaired) electrons. The van der Waals surface area contributed by atoms with Gasteiger partial charge in [0.15, 0.2) is 0 Å². The number of piperidine rings is 1. The molecule has 1 aliphatic heterocycles. The minimum absolute atomic E-state index is 0.287. The van der Waals surface area contributed by atoms with Crippen molar-refractivity contribution in [3.8, 4) is 5.75 Å². The van der Waals surface area contributed by atoms with E-state index in [1.807, 2.05) is 12.1 Å². The first-order chi connectivity index (χ1) is 8.15. The number of carboxylic acid groups (broad SMARTS) is 1. The lowest BCUT2D eigenvalue weighted by molar-refractivity contribution is 0.124. The Bertz CT molecular complexity index is 380. The molecule has 4 heteroatoms. The Kier molecular flexibility index (Phi) is 3.52. The van der Waals surface area contributed by atoms with Crippen molar-refractivity contribution >= 4 is 6.09 Å². The lowest BCUT2D eigenvalue weighted by atomic mass is 9.90. The Morgan fingerprint density at radius 3 is 2.35 bits per heavy atom. The summed E-state index contributed by atoms with van der Waals surface area (Å²) in [6.07, 6.45) is 2.00. The number of carbonyl (C=O) groups is 1. The second-order valence-electron chi connectivity index (χ2n) is 4.58. The molecule has 0 saturated carbocycles. The number of benzene rings is 1. The standard InChI is InChI=1S/C13H17NO3/c15-12-3-1-10(2-4-12)9-11-5-7-14(8-6-11)13(16)17/h1-4,11,15H,5-9H2,(H,16,17). The minimum atomic E-state index is -0.812. The Hall–Kier alpha value is -1.71. The van der Waals surface area contributed by atoms with Crippen molar-refractivity contribution < 1.29 is 15.0 Å². The van der Waals surface area contributed by atoms with Gasteiger partial charge in [0.1, 0.15) is 5.75 Å². The van der Waals surface area contributed by atoms with Crippen LogP contribution >= 0.6 is 0 Å². The molecule has 1 heterocycles. The number of hydrogen-bond donors (Lipinski definition) is 2. The summed E-state index contributed by atoms with van der Waals surface area (Å²) in [6.45, 7) is 1.27. The summed E-state index contributed by atoms with van der Waals surface area (Å²) in [5.41, 5.74) is 1.21. The van der Waals surface area contributed by atoms with Crippen LogP contribution in [-0.4, -0.2) is 34.3 Å². The quantitative estimate of drug-likeness (QED) is 0.827. The predicted octanol–water partition coefficient (Wildman–Crippen LogP) is 2.32. The zero-order chi connectivity index (χ0) is 12.3. The van der Waals surface area contributed by atoms with Gasteiger partial charge in [0, 0.05) is 13.1 Å². The summed E-state index contributed by atoms with van der Waals surface area (Å²) in [7, 11) is 0. The highest BCUT2D eigenvalue weighted by Crippen LogP contribution is 2.22. The minimum Gasteiger partial charge on any atom is -0.508 e. The highest BCUT2D eigenvalue weighted by molar-refractivity contribution is 5.64. The molecule has 1 aromatic carbocycles. The second kappa shape index (κ2) is 5.08. The van der Waals surface area contributed by atoms with Crippen molar-refractivity contribution in [3.05, 3.63) is 29.8 Å². The van der Waals surface area contributed by atoms with Crippen LogP contribution in [0.15, 0.2) is 24.3 Å². The van der Waals surface area contributed by atoms with E-state index in [-0.39, 0.29) is 5.75 Å². The smallest absolute Gasteiger partial charge is 0.407 e. The van der Waals surface area contributed by atoms with E-state index in [9.17, 15) is 9.90 Å². The number of phenolic OH excluding ortho intramolecular Hbond substituents is 1. The summed E-state index contributed by atoms with van der Waals surface area (Å²) >= 11 is 0. The van der Waals surface area contributed by atoms with E-state index in [0.717, 1.165) is 19.3 Å². The monoisotopic (exact) mass is 235 g/mol. The summed E-state index contributed by atoms with van der Waals surface area (Å²) in [5.74, 6) is 0.838. The molecule has 4 nitrogen and oxygen atoms in total. The molecular weight excluding hydrogens is 218 g/mol. The van der Waals surface area contributed by atoms with Crippen LogP contribution in [0.1, 0.15) is 18.4 Å². The van der Waals surface area contributed by atoms with Crippen LogP contribution < -0.4 is 0 Å². The van der Waals surface area contributed by atoms with E-state index in [1.165, 1.54) is 10.5 Å². The highest BCUT2D eigenvalue weighted by Gasteiger charge is 2.22. The fourth-order valence-electron chi connectivity index (χ4n) is 2.29. The maximum absolute atomic E-state index is 10.8. The molecule has 1 amide bonds. The summed E-state index contributed by atoms with van der Waals surface area (Å²) in [6, 6.07) is 7.25. The van der Waals surface area contributed by atoms with Gasteiger partial charge in [-0.05, 0) is 42.9 Å². The van der Waals surface area contributed by atoms with Gasteiger partial charge in [-0.3, -0.25) is 0 Å². The SMILES string of the molecule is O=C(O)N1CCC(Cc2ccc(O)cc2)CC1. The maximum atomic E-state index is 10.8. The molecule has 0 spiro atoms. The molecule has 2 N–H and O–H groups in total. The third kappa shape index (κ3) is 3.12. The van der Waals surface area contributed by atoms with E-state index in [0.29, 0.717) is 19.0 Å². The number of aromatic hydroxyl groups is 1. The third-order valence-corrected chi connectivity index (χ3v) is 3.35. The van der Waals surface area contributed by atoms with E-state index < -0.39 is 6.09 Å². The van der Waals surface area contributed by atoms with Gasteiger partial charge >= 0.3 is 6.09 Å². The van der Waals surface area contributed by atoms with Crippen LogP contribution in [0, 0.1) is 5.92 Å². The predicted molar refractivity (Wildman–Crippen MR) is 64.1 cm³/mol. The molecule has 0 aromatic heterocycles. The first-order valence-electron chi connectivity index (χ1n) is 5.91. The summed E-state index contributed by atoms with van der Waals surface area (Å²) in [4.78, 5) is 12.2. The molecule has 1 aliphatic rings. The van der Waals surface area contributed by atoms with Crippen molar-refractivity contribution in [1.29, 1.82) is 0 Å². The normalized spacial score (nSPS) is 17.1. The molecule has 1 aromatic rings. The van der Waals surface area contributed by atoms with Crippen molar-refractivity contribution in [3.63, 3.8) is 0 Å². The lowest BCUT2D eigenvalue weighted by Gasteiger charge is -2.30. The van der Waals surface area contributed by atoms with Crippen molar-refractivity contribution in [2.24, 2.45) is 5.92 Å². The number of phenols is 1. The molecule has 1 saturated heterocycles. The van der Waals surface area contributed by atoms with Crippen LogP contribution in [-0.2, 0) is 6.42 Å². The van der Waals surface area contributed by atoms with Crippen LogP contribution in [0.3, 0.4) is 0 Å². The average molecular weight is 235 g/mol. The van der Waals surface area contributed by atoms with E-state index in [4.69, 9.17) is 5.11 Å². The summed E-state index contributed by atoms with van der Waals surface area (Å²) < 4.78 is 0. The molecule has 2 rings (SSSR count). The van der Waals surface area contributed by atoms with Gasteiger partial charge in [-0.1, -0.05) is 12.1 Å². The Balaban J connectivity index is 1.85. The molecule has 0 atom stereocenters. The van der Waals surface area contributed by atoms with Gasteiger partial charge in [0.2, 0.25) is 0 Å². The zero-order valence-electron chi connectivity index (χ0n) is 9.67. The van der Waals surface area contributed by atoms with Gasteiger partial charge in [0.05, 0.1) is 0 Å². The van der Waals surface area contributed by atoms with Gasteiger partial charge in [-0.25, -0.2) is 4.79 Å². The average Bonchev–Trinajstić information content (AvgIpc) is 2.33. The lowest BCUT2D eigenvalue weighted by Crippen LogP contribution is -2.37. The van der Waals surface area contributed by atoms with E-state index in [2.05, 4.69) is 0 Å². The first kappa shape index (κ1) is 11.8. The first-order valence-corrected chi connectivity index (χ1v) is 5.91. The summed E-state index contributed by atoms with van der Waals surface area (Å²) in [5, 5.41) is 18.0. The van der Waals surface area contributed by atoms with Gasteiger partial charge in [0.25, 0.3) is 0 Å². The molecule has 0 bridgehead atoms. The van der Waals surface area contributed by atoms with Crippen molar-refractivity contribution in [1.82, 2.24) is 4.90 Å². The van der Waals surface area contributed by atoms with Crippen LogP contribution in [0.25, 0.3) is 0 Å². The fourth-order valence-corrected chi connectivity index (χ4v) is 2.29. The van der Waals surface area contributed by atoms with Crippen molar-refractivity contribution in [2.75, 3.05) is 13.1 Å². The van der Waals surface area contributed by atoms with E-state index in [1.54, 1.807) is 12.1 Å². The molecular formula is C13H17NO3. The Labute approximate surface area is 100 Å². The van der Waals surface area contributed by atoms with Gasteiger partial charge in [-0.2, -0.15) is 0 Å². The van der Waals surface area contributed by atoms with Gasteiger partial charge < -0.3 is 15.1 Å². The number of nitrogens with zero attached hydrogens (tertiary/aromatic N) is 1. The van der Waals surface area contributed by atoms with Crippen LogP contribution in [0.2, 0.25) is 0 Å². The molecule has 17 heavy (non-hydrogen) atoms. The molecule has 0 aliphatic carbocycles. The maximum Gasteiger partial charge on any atom is 0.407 e. The van der Waals surface area contributed by atoms with Crippen molar-refractivity contribution in [2.45, 2.75) is 19.3 Å². The second-order valence-corrected chi connectivity index (χ2v) is 4.58. The Morgan fingerprint density at radius 2 is 1.82 bits per heavy atom. The third-order valence-electron chi connectivity index (χ3n) is 3.35. The molecule has 1 fully saturated rings. The highest BCUT2D eigenvalue weighted by atomic mass is 16.4. The molecule has 92 valence electrons. The number of likely N-dealkylation sites (tertiary alicyclic amines) is 1. The van der Waals surface area contributed by atoms with E-state index >= 15 is 0 Å². The molecule has 0 unspecified atom stereocenters. The number of amides is 1. The number of hydrogen-bond acceptors (Lipinski definition) is 2. The van der Waals surface area contributed by atoms with Crippen LogP contribution in [0.4, 0.5) is 4.79 Å². The largest absolute Gasteiger partial charge is 0.508 e. The topological polar surface area (TPSA) is 60.8 Å².